The largest absolute Gasteiger partial charge is 0.325 e. The Labute approximate surface area is 127 Å². The average molecular weight is 289 g/mol. The van der Waals surface area contributed by atoms with Gasteiger partial charge in [-0.2, -0.15) is 0 Å². The molecule has 1 unspecified atom stereocenters. The quantitative estimate of drug-likeness (QED) is 0.889. The lowest BCUT2D eigenvalue weighted by Crippen LogP contribution is -2.40. The normalized spacial score (nSPS) is 17.6. The van der Waals surface area contributed by atoms with E-state index in [0.29, 0.717) is 0 Å². The van der Waals surface area contributed by atoms with Crippen molar-refractivity contribution in [2.45, 2.75) is 39.2 Å². The Kier molecular flexibility index (Phi) is 5.62. The summed E-state index contributed by atoms with van der Waals surface area (Å²) in [6, 6.07) is 8.35. The van der Waals surface area contributed by atoms with Crippen LogP contribution in [0.3, 0.4) is 0 Å². The number of carbonyl (C=O) groups excluding carboxylic acids is 1. The molecular weight excluding hydrogens is 262 g/mol. The molecule has 2 amide bonds. The van der Waals surface area contributed by atoms with Gasteiger partial charge >= 0.3 is 6.03 Å². The summed E-state index contributed by atoms with van der Waals surface area (Å²) in [4.78, 5) is 14.2. The molecule has 2 N–H and O–H groups in total. The van der Waals surface area contributed by atoms with Crippen LogP contribution in [0, 0.1) is 5.92 Å². The molecule has 0 saturated carbocycles. The molecule has 0 bridgehead atoms. The number of nitrogens with one attached hydrogen (secondary N) is 2. The van der Waals surface area contributed by atoms with E-state index in [-0.39, 0.29) is 12.1 Å². The van der Waals surface area contributed by atoms with E-state index >= 15 is 0 Å². The van der Waals surface area contributed by atoms with Crippen molar-refractivity contribution in [1.29, 1.82) is 0 Å². The molecule has 4 nitrogen and oxygen atoms in total. The van der Waals surface area contributed by atoms with Gasteiger partial charge in [0.2, 0.25) is 0 Å². The minimum Gasteiger partial charge on any atom is -0.325 e. The van der Waals surface area contributed by atoms with Crippen LogP contribution >= 0.6 is 0 Å². The first-order chi connectivity index (χ1) is 10.1. The molecule has 1 aliphatic rings. The van der Waals surface area contributed by atoms with Crippen molar-refractivity contribution in [3.63, 3.8) is 0 Å². The standard InChI is InChI=1S/C17H27N3O/c1-4-14-8-10-20(11-9-14)17(21)19-16-7-5-6-15(12-16)13(2)18-3/h5-7,12-14,18H,4,8-11H2,1-3H3,(H,19,21). The first kappa shape index (κ1) is 15.8. The summed E-state index contributed by atoms with van der Waals surface area (Å²) < 4.78 is 0. The number of urea groups is 1. The molecule has 4 heteroatoms. The Morgan fingerprint density at radius 2 is 2.10 bits per heavy atom. The van der Waals surface area contributed by atoms with E-state index in [1.54, 1.807) is 0 Å². The predicted molar refractivity (Wildman–Crippen MR) is 87.5 cm³/mol. The number of likely N-dealkylation sites (tertiary alicyclic amines) is 1. The van der Waals surface area contributed by atoms with Crippen LogP contribution < -0.4 is 10.6 Å². The molecule has 1 fully saturated rings. The molecule has 0 aromatic heterocycles. The minimum atomic E-state index is 0.0267. The van der Waals surface area contributed by atoms with Crippen LogP contribution in [-0.4, -0.2) is 31.1 Å². The first-order valence-corrected chi connectivity index (χ1v) is 7.97. The summed E-state index contributed by atoms with van der Waals surface area (Å²) >= 11 is 0. The number of rotatable bonds is 4. The molecule has 1 aromatic carbocycles. The number of benzene rings is 1. The van der Waals surface area contributed by atoms with Gasteiger partial charge in [0, 0.05) is 24.8 Å². The van der Waals surface area contributed by atoms with Gasteiger partial charge in [0.25, 0.3) is 0 Å². The summed E-state index contributed by atoms with van der Waals surface area (Å²) in [6.45, 7) is 6.08. The number of piperidine rings is 1. The topological polar surface area (TPSA) is 44.4 Å². The van der Waals surface area contributed by atoms with Gasteiger partial charge in [0.05, 0.1) is 0 Å². The summed E-state index contributed by atoms with van der Waals surface area (Å²) in [5.41, 5.74) is 2.05. The average Bonchev–Trinajstić information content (AvgIpc) is 2.54. The maximum Gasteiger partial charge on any atom is 0.321 e. The van der Waals surface area contributed by atoms with Gasteiger partial charge in [0.1, 0.15) is 0 Å². The highest BCUT2D eigenvalue weighted by Crippen LogP contribution is 2.21. The molecule has 1 aromatic rings. The van der Waals surface area contributed by atoms with Crippen molar-refractivity contribution in [2.75, 3.05) is 25.5 Å². The van der Waals surface area contributed by atoms with E-state index in [1.807, 2.05) is 30.1 Å². The van der Waals surface area contributed by atoms with E-state index in [4.69, 9.17) is 0 Å². The number of carbonyl (C=O) groups is 1. The lowest BCUT2D eigenvalue weighted by Gasteiger charge is -2.31. The smallest absolute Gasteiger partial charge is 0.321 e. The second kappa shape index (κ2) is 7.46. The summed E-state index contributed by atoms with van der Waals surface area (Å²) in [5.74, 6) is 0.786. The molecule has 1 heterocycles. The molecule has 2 rings (SSSR count). The van der Waals surface area contributed by atoms with Crippen molar-refractivity contribution < 1.29 is 4.79 Å². The number of hydrogen-bond acceptors (Lipinski definition) is 2. The molecular formula is C17H27N3O. The predicted octanol–water partition coefficient (Wildman–Crippen LogP) is 3.62. The third kappa shape index (κ3) is 4.21. The maximum atomic E-state index is 12.3. The second-order valence-corrected chi connectivity index (χ2v) is 5.90. The van der Waals surface area contributed by atoms with Crippen molar-refractivity contribution >= 4 is 11.7 Å². The molecule has 1 atom stereocenters. The summed E-state index contributed by atoms with van der Waals surface area (Å²) in [5, 5.41) is 6.24. The fourth-order valence-corrected chi connectivity index (χ4v) is 2.80. The highest BCUT2D eigenvalue weighted by Gasteiger charge is 2.21. The van der Waals surface area contributed by atoms with E-state index < -0.39 is 0 Å². The van der Waals surface area contributed by atoms with Gasteiger partial charge in [-0.25, -0.2) is 4.79 Å². The van der Waals surface area contributed by atoms with Gasteiger partial charge in [0.15, 0.2) is 0 Å². The summed E-state index contributed by atoms with van der Waals surface area (Å²) in [6.07, 6.45) is 3.47. The highest BCUT2D eigenvalue weighted by molar-refractivity contribution is 5.89. The number of amides is 2. The van der Waals surface area contributed by atoms with Crippen LogP contribution in [-0.2, 0) is 0 Å². The van der Waals surface area contributed by atoms with E-state index in [0.717, 1.165) is 37.5 Å². The van der Waals surface area contributed by atoms with Crippen LogP contribution in [0.2, 0.25) is 0 Å². The number of hydrogen-bond donors (Lipinski definition) is 2. The Balaban J connectivity index is 1.94. The molecule has 116 valence electrons. The molecule has 21 heavy (non-hydrogen) atoms. The Morgan fingerprint density at radius 1 is 1.38 bits per heavy atom. The molecule has 1 aliphatic heterocycles. The van der Waals surface area contributed by atoms with Crippen LogP contribution in [0.4, 0.5) is 10.5 Å². The zero-order chi connectivity index (χ0) is 15.2. The maximum absolute atomic E-state index is 12.3. The number of anilines is 1. The van der Waals surface area contributed by atoms with Gasteiger partial charge in [-0.15, -0.1) is 0 Å². The lowest BCUT2D eigenvalue weighted by atomic mass is 9.95. The van der Waals surface area contributed by atoms with Crippen molar-refractivity contribution in [2.24, 2.45) is 5.92 Å². The molecule has 1 saturated heterocycles. The fraction of sp³-hybridized carbons (Fsp3) is 0.588. The van der Waals surface area contributed by atoms with Crippen molar-refractivity contribution in [3.05, 3.63) is 29.8 Å². The first-order valence-electron chi connectivity index (χ1n) is 7.97. The third-order valence-corrected chi connectivity index (χ3v) is 4.55. The Hall–Kier alpha value is -1.55. The highest BCUT2D eigenvalue weighted by atomic mass is 16.2. The second-order valence-electron chi connectivity index (χ2n) is 5.90. The minimum absolute atomic E-state index is 0.0267. The Bertz CT molecular complexity index is 467. The third-order valence-electron chi connectivity index (χ3n) is 4.55. The number of nitrogens with zero attached hydrogens (tertiary/aromatic N) is 1. The van der Waals surface area contributed by atoms with Gasteiger partial charge in [-0.1, -0.05) is 25.5 Å². The Morgan fingerprint density at radius 3 is 2.71 bits per heavy atom. The van der Waals surface area contributed by atoms with Crippen LogP contribution in [0.15, 0.2) is 24.3 Å². The zero-order valence-electron chi connectivity index (χ0n) is 13.4. The van der Waals surface area contributed by atoms with E-state index in [2.05, 4.69) is 30.5 Å². The fourth-order valence-electron chi connectivity index (χ4n) is 2.80. The lowest BCUT2D eigenvalue weighted by molar-refractivity contribution is 0.181. The van der Waals surface area contributed by atoms with Gasteiger partial charge in [-0.3, -0.25) is 0 Å². The summed E-state index contributed by atoms with van der Waals surface area (Å²) in [7, 11) is 1.94. The van der Waals surface area contributed by atoms with Crippen LogP contribution in [0.25, 0.3) is 0 Å². The van der Waals surface area contributed by atoms with E-state index in [9.17, 15) is 4.79 Å². The van der Waals surface area contributed by atoms with Crippen molar-refractivity contribution in [1.82, 2.24) is 10.2 Å². The van der Waals surface area contributed by atoms with Gasteiger partial charge in [-0.05, 0) is 50.4 Å². The molecule has 0 aliphatic carbocycles. The SMILES string of the molecule is CCC1CCN(C(=O)Nc2cccc(C(C)NC)c2)CC1. The van der Waals surface area contributed by atoms with Crippen molar-refractivity contribution in [3.8, 4) is 0 Å². The van der Waals surface area contributed by atoms with Gasteiger partial charge < -0.3 is 15.5 Å². The molecule has 0 radical (unpaired) electrons. The van der Waals surface area contributed by atoms with Crippen LogP contribution in [0.5, 0.6) is 0 Å². The van der Waals surface area contributed by atoms with Crippen LogP contribution in [0.1, 0.15) is 44.7 Å². The monoisotopic (exact) mass is 289 g/mol. The van der Waals surface area contributed by atoms with E-state index in [1.165, 1.54) is 12.0 Å². The zero-order valence-corrected chi connectivity index (χ0v) is 13.4. The molecule has 0 spiro atoms.